The number of aromatic carboxylic acids is 1. The van der Waals surface area contributed by atoms with Gasteiger partial charge in [0.05, 0.1) is 17.8 Å². The number of carbonyl (C=O) groups excluding carboxylic acids is 1. The van der Waals surface area contributed by atoms with E-state index in [4.69, 9.17) is 5.11 Å². The van der Waals surface area contributed by atoms with Gasteiger partial charge in [-0.15, -0.1) is 0 Å². The highest BCUT2D eigenvalue weighted by Gasteiger charge is 2.26. The van der Waals surface area contributed by atoms with E-state index in [1.54, 1.807) is 0 Å². The number of nitrogens with zero attached hydrogens (tertiary/aromatic N) is 1. The third-order valence-electron chi connectivity index (χ3n) is 2.24. The van der Waals surface area contributed by atoms with Gasteiger partial charge in [0.2, 0.25) is 0 Å². The summed E-state index contributed by atoms with van der Waals surface area (Å²) in [6.45, 7) is 0.397. The Bertz CT molecular complexity index is 460. The largest absolute Gasteiger partial charge is 0.478 e. The van der Waals surface area contributed by atoms with Gasteiger partial charge in [0.25, 0.3) is 0 Å². The molecule has 1 aliphatic rings. The maximum Gasteiger partial charge on any atom is 0.414 e. The number of anilines is 1. The molecule has 1 N–H and O–H groups in total. The van der Waals surface area contributed by atoms with Crippen LogP contribution in [0.15, 0.2) is 18.2 Å². The summed E-state index contributed by atoms with van der Waals surface area (Å²) in [7, 11) is 0. The highest BCUT2D eigenvalue weighted by atomic mass is 19.1. The number of ether oxygens (including phenoxy) is 1. The van der Waals surface area contributed by atoms with Gasteiger partial charge < -0.3 is 9.84 Å². The van der Waals surface area contributed by atoms with Crippen molar-refractivity contribution in [2.24, 2.45) is 0 Å². The van der Waals surface area contributed by atoms with Gasteiger partial charge in [0.1, 0.15) is 12.4 Å². The monoisotopic (exact) mass is 225 g/mol. The second-order valence-electron chi connectivity index (χ2n) is 3.24. The minimum absolute atomic E-state index is 0.0672. The van der Waals surface area contributed by atoms with Gasteiger partial charge in [-0.25, -0.2) is 14.0 Å². The van der Waals surface area contributed by atoms with Crippen LogP contribution in [0.2, 0.25) is 0 Å². The van der Waals surface area contributed by atoms with Crippen LogP contribution in [0, 0.1) is 5.82 Å². The number of rotatable bonds is 2. The Labute approximate surface area is 90.0 Å². The number of carbonyl (C=O) groups is 2. The molecule has 0 aromatic heterocycles. The second kappa shape index (κ2) is 3.80. The first kappa shape index (κ1) is 10.4. The molecule has 1 aromatic carbocycles. The van der Waals surface area contributed by atoms with Crippen molar-refractivity contribution in [3.05, 3.63) is 29.6 Å². The average Bonchev–Trinajstić information content (AvgIpc) is 2.65. The number of amides is 1. The molecule has 0 unspecified atom stereocenters. The van der Waals surface area contributed by atoms with E-state index in [9.17, 15) is 14.0 Å². The third kappa shape index (κ3) is 1.69. The molecule has 1 aromatic rings. The third-order valence-corrected chi connectivity index (χ3v) is 2.24. The summed E-state index contributed by atoms with van der Waals surface area (Å²) < 4.78 is 18.1. The maximum atomic E-state index is 13.4. The number of hydrogen-bond acceptors (Lipinski definition) is 3. The van der Waals surface area contributed by atoms with Crippen LogP contribution in [-0.2, 0) is 4.74 Å². The van der Waals surface area contributed by atoms with Crippen molar-refractivity contribution in [2.75, 3.05) is 18.1 Å². The molecule has 0 radical (unpaired) electrons. The van der Waals surface area contributed by atoms with Crippen LogP contribution in [0.5, 0.6) is 0 Å². The van der Waals surface area contributed by atoms with Gasteiger partial charge >= 0.3 is 12.1 Å². The molecule has 84 valence electrons. The predicted molar refractivity (Wildman–Crippen MR) is 52.1 cm³/mol. The summed E-state index contributed by atoms with van der Waals surface area (Å²) in [5, 5.41) is 8.75. The molecule has 6 heteroatoms. The fourth-order valence-electron chi connectivity index (χ4n) is 1.46. The fraction of sp³-hybridized carbons (Fsp3) is 0.200. The fourth-order valence-corrected chi connectivity index (χ4v) is 1.46. The summed E-state index contributed by atoms with van der Waals surface area (Å²) >= 11 is 0. The topological polar surface area (TPSA) is 66.8 Å². The Morgan fingerprint density at radius 1 is 1.50 bits per heavy atom. The zero-order chi connectivity index (χ0) is 11.7. The Balaban J connectivity index is 2.42. The molecule has 0 aliphatic carbocycles. The van der Waals surface area contributed by atoms with Gasteiger partial charge in [-0.1, -0.05) is 0 Å². The smallest absolute Gasteiger partial charge is 0.414 e. The second-order valence-corrected chi connectivity index (χ2v) is 3.24. The highest BCUT2D eigenvalue weighted by Crippen LogP contribution is 2.23. The minimum atomic E-state index is -1.17. The molecule has 16 heavy (non-hydrogen) atoms. The number of carboxylic acid groups (broad SMARTS) is 1. The van der Waals surface area contributed by atoms with E-state index in [0.29, 0.717) is 0 Å². The first-order valence-corrected chi connectivity index (χ1v) is 4.57. The molecule has 0 bridgehead atoms. The highest BCUT2D eigenvalue weighted by molar-refractivity contribution is 5.93. The number of hydrogen-bond donors (Lipinski definition) is 1. The number of cyclic esters (lactones) is 1. The van der Waals surface area contributed by atoms with Crippen LogP contribution in [0.3, 0.4) is 0 Å². The van der Waals surface area contributed by atoms with Crippen LogP contribution >= 0.6 is 0 Å². The predicted octanol–water partition coefficient (Wildman–Crippen LogP) is 1.48. The Morgan fingerprint density at radius 3 is 2.81 bits per heavy atom. The van der Waals surface area contributed by atoms with Gasteiger partial charge in [-0.2, -0.15) is 0 Å². The van der Waals surface area contributed by atoms with Gasteiger partial charge in [0.15, 0.2) is 0 Å². The Hall–Kier alpha value is -2.11. The Morgan fingerprint density at radius 2 is 2.25 bits per heavy atom. The van der Waals surface area contributed by atoms with Crippen LogP contribution in [0.4, 0.5) is 14.9 Å². The molecule has 1 saturated heterocycles. The van der Waals surface area contributed by atoms with E-state index >= 15 is 0 Å². The molecule has 1 fully saturated rings. The summed E-state index contributed by atoms with van der Waals surface area (Å²) in [6, 6.07) is 3.28. The number of benzene rings is 1. The molecule has 5 nitrogen and oxygen atoms in total. The zero-order valence-electron chi connectivity index (χ0n) is 8.14. The molecule has 0 atom stereocenters. The lowest BCUT2D eigenvalue weighted by Crippen LogP contribution is -2.24. The number of halogens is 1. The van der Waals surface area contributed by atoms with Crippen molar-refractivity contribution in [3.63, 3.8) is 0 Å². The van der Waals surface area contributed by atoms with Crippen LogP contribution in [0.25, 0.3) is 0 Å². The normalized spacial score (nSPS) is 15.1. The standard InChI is InChI=1S/C10H8FNO4/c11-7-2-1-6(9(13)14)5-8(7)12-3-4-16-10(12)15/h1-2,5H,3-4H2,(H,13,14). The molecule has 1 aliphatic heterocycles. The molecule has 0 spiro atoms. The molecular weight excluding hydrogens is 217 g/mol. The first-order chi connectivity index (χ1) is 7.59. The van der Waals surface area contributed by atoms with E-state index < -0.39 is 17.9 Å². The van der Waals surface area contributed by atoms with Crippen LogP contribution < -0.4 is 4.90 Å². The van der Waals surface area contributed by atoms with Gasteiger partial charge in [-0.3, -0.25) is 4.90 Å². The quantitative estimate of drug-likeness (QED) is 0.827. The molecular formula is C10H8FNO4. The summed E-state index contributed by atoms with van der Waals surface area (Å²) in [5.41, 5.74) is -0.140. The van der Waals surface area contributed by atoms with Crippen molar-refractivity contribution in [2.45, 2.75) is 0 Å². The Kier molecular flexibility index (Phi) is 2.47. The SMILES string of the molecule is O=C(O)c1ccc(F)c(N2CCOC2=O)c1. The summed E-state index contributed by atoms with van der Waals surface area (Å²) in [6.07, 6.45) is -0.665. The summed E-state index contributed by atoms with van der Waals surface area (Å²) in [5.74, 6) is -1.82. The minimum Gasteiger partial charge on any atom is -0.478 e. The van der Waals surface area contributed by atoms with Crippen LogP contribution in [0.1, 0.15) is 10.4 Å². The first-order valence-electron chi connectivity index (χ1n) is 4.57. The van der Waals surface area contributed by atoms with Crippen molar-refractivity contribution in [1.29, 1.82) is 0 Å². The van der Waals surface area contributed by atoms with E-state index in [0.717, 1.165) is 23.1 Å². The molecule has 1 amide bonds. The van der Waals surface area contributed by atoms with Crippen molar-refractivity contribution >= 4 is 17.7 Å². The maximum absolute atomic E-state index is 13.4. The van der Waals surface area contributed by atoms with Crippen molar-refractivity contribution < 1.29 is 23.8 Å². The molecule has 0 saturated carbocycles. The molecule has 2 rings (SSSR count). The molecule has 1 heterocycles. The van der Waals surface area contributed by atoms with Crippen molar-refractivity contribution in [1.82, 2.24) is 0 Å². The van der Waals surface area contributed by atoms with Crippen molar-refractivity contribution in [3.8, 4) is 0 Å². The zero-order valence-corrected chi connectivity index (χ0v) is 8.14. The van der Waals surface area contributed by atoms with Crippen LogP contribution in [-0.4, -0.2) is 30.3 Å². The number of carboxylic acids is 1. The lowest BCUT2D eigenvalue weighted by atomic mass is 10.2. The average molecular weight is 225 g/mol. The lowest BCUT2D eigenvalue weighted by Gasteiger charge is -2.13. The van der Waals surface area contributed by atoms with Gasteiger partial charge in [0, 0.05) is 0 Å². The van der Waals surface area contributed by atoms with E-state index in [-0.39, 0.29) is 24.4 Å². The van der Waals surface area contributed by atoms with E-state index in [2.05, 4.69) is 4.74 Å². The van der Waals surface area contributed by atoms with E-state index in [1.165, 1.54) is 0 Å². The lowest BCUT2D eigenvalue weighted by molar-refractivity contribution is 0.0696. The van der Waals surface area contributed by atoms with Gasteiger partial charge in [-0.05, 0) is 18.2 Å². The summed E-state index contributed by atoms with van der Waals surface area (Å²) in [4.78, 5) is 23.0. The van der Waals surface area contributed by atoms with E-state index in [1.807, 2.05) is 0 Å².